The quantitative estimate of drug-likeness (QED) is 0.688. The van der Waals surface area contributed by atoms with Crippen molar-refractivity contribution in [3.63, 3.8) is 0 Å². The Hall–Kier alpha value is -2.29. The lowest BCUT2D eigenvalue weighted by molar-refractivity contribution is 0.286. The van der Waals surface area contributed by atoms with Crippen molar-refractivity contribution in [3.05, 3.63) is 59.9 Å². The van der Waals surface area contributed by atoms with Gasteiger partial charge >= 0.3 is 0 Å². The summed E-state index contributed by atoms with van der Waals surface area (Å²) < 4.78 is 8.27. The van der Waals surface area contributed by atoms with Crippen LogP contribution in [0.15, 0.2) is 48.5 Å². The zero-order valence-corrected chi connectivity index (χ0v) is 13.4. The summed E-state index contributed by atoms with van der Waals surface area (Å²) >= 11 is 0. The molecule has 0 unspecified atom stereocenters. The SMILES string of the molecule is Cc1ccccc1OCc1nc2ccccc2n1CC(C)C. The van der Waals surface area contributed by atoms with Gasteiger partial charge in [-0.25, -0.2) is 4.98 Å². The lowest BCUT2D eigenvalue weighted by atomic mass is 10.2. The Morgan fingerprint density at radius 3 is 2.55 bits per heavy atom. The van der Waals surface area contributed by atoms with Gasteiger partial charge in [0.1, 0.15) is 18.2 Å². The standard InChI is InChI=1S/C19H22N2O/c1-14(2)12-21-17-10-6-5-9-16(17)20-19(21)13-22-18-11-7-4-8-15(18)3/h4-11,14H,12-13H2,1-3H3. The van der Waals surface area contributed by atoms with Gasteiger partial charge in [0.15, 0.2) is 0 Å². The minimum Gasteiger partial charge on any atom is -0.485 e. The van der Waals surface area contributed by atoms with Crippen molar-refractivity contribution in [2.24, 2.45) is 5.92 Å². The van der Waals surface area contributed by atoms with Crippen molar-refractivity contribution in [1.82, 2.24) is 9.55 Å². The fourth-order valence-corrected chi connectivity index (χ4v) is 2.67. The molecule has 0 N–H and O–H groups in total. The van der Waals surface area contributed by atoms with Crippen LogP contribution in [0.5, 0.6) is 5.75 Å². The fourth-order valence-electron chi connectivity index (χ4n) is 2.67. The third-order valence-corrected chi connectivity index (χ3v) is 3.73. The van der Waals surface area contributed by atoms with Gasteiger partial charge in [-0.2, -0.15) is 0 Å². The molecule has 0 atom stereocenters. The number of benzene rings is 2. The summed E-state index contributed by atoms with van der Waals surface area (Å²) in [6.07, 6.45) is 0. The topological polar surface area (TPSA) is 27.1 Å². The van der Waals surface area contributed by atoms with Gasteiger partial charge in [-0.05, 0) is 36.6 Å². The molecule has 0 aliphatic heterocycles. The molecule has 3 nitrogen and oxygen atoms in total. The summed E-state index contributed by atoms with van der Waals surface area (Å²) in [6.45, 7) is 7.95. The number of fused-ring (bicyclic) bond motifs is 1. The van der Waals surface area contributed by atoms with Gasteiger partial charge < -0.3 is 9.30 Å². The molecule has 0 amide bonds. The third kappa shape index (κ3) is 2.98. The zero-order valence-electron chi connectivity index (χ0n) is 13.4. The molecule has 2 aromatic carbocycles. The minimum atomic E-state index is 0.492. The predicted molar refractivity (Wildman–Crippen MR) is 90.1 cm³/mol. The van der Waals surface area contributed by atoms with Gasteiger partial charge in [-0.3, -0.25) is 0 Å². The summed E-state index contributed by atoms with van der Waals surface area (Å²) in [4.78, 5) is 4.75. The van der Waals surface area contributed by atoms with E-state index in [0.29, 0.717) is 12.5 Å². The second-order valence-corrected chi connectivity index (χ2v) is 6.08. The monoisotopic (exact) mass is 294 g/mol. The second-order valence-electron chi connectivity index (χ2n) is 6.08. The van der Waals surface area contributed by atoms with Crippen molar-refractivity contribution in [3.8, 4) is 5.75 Å². The van der Waals surface area contributed by atoms with E-state index < -0.39 is 0 Å². The number of para-hydroxylation sites is 3. The van der Waals surface area contributed by atoms with Crippen LogP contribution in [0.3, 0.4) is 0 Å². The Morgan fingerprint density at radius 1 is 1.05 bits per heavy atom. The Labute approximate surface area is 131 Å². The highest BCUT2D eigenvalue weighted by Gasteiger charge is 2.12. The lowest BCUT2D eigenvalue weighted by Gasteiger charge is -2.13. The van der Waals surface area contributed by atoms with Crippen LogP contribution in [0, 0.1) is 12.8 Å². The normalized spacial score (nSPS) is 11.3. The molecule has 114 valence electrons. The average molecular weight is 294 g/mol. The van der Waals surface area contributed by atoms with Crippen LogP contribution in [0.25, 0.3) is 11.0 Å². The molecule has 0 bridgehead atoms. The highest BCUT2D eigenvalue weighted by molar-refractivity contribution is 5.75. The van der Waals surface area contributed by atoms with Crippen LogP contribution in [0.1, 0.15) is 25.2 Å². The van der Waals surface area contributed by atoms with Crippen LogP contribution in [0.4, 0.5) is 0 Å². The van der Waals surface area contributed by atoms with Crippen molar-refractivity contribution in [2.45, 2.75) is 33.9 Å². The number of nitrogens with zero attached hydrogens (tertiary/aromatic N) is 2. The van der Waals surface area contributed by atoms with E-state index in [4.69, 9.17) is 9.72 Å². The predicted octanol–water partition coefficient (Wildman–Crippen LogP) is 4.58. The van der Waals surface area contributed by atoms with E-state index in [1.54, 1.807) is 0 Å². The molecule has 0 saturated carbocycles. The number of aryl methyl sites for hydroxylation is 1. The van der Waals surface area contributed by atoms with Gasteiger partial charge in [0.25, 0.3) is 0 Å². The molecule has 0 aliphatic rings. The highest BCUT2D eigenvalue weighted by Crippen LogP contribution is 2.21. The summed E-state index contributed by atoms with van der Waals surface area (Å²) in [7, 11) is 0. The minimum absolute atomic E-state index is 0.492. The maximum absolute atomic E-state index is 5.99. The highest BCUT2D eigenvalue weighted by atomic mass is 16.5. The maximum atomic E-state index is 5.99. The summed E-state index contributed by atoms with van der Waals surface area (Å²) in [5.74, 6) is 2.47. The number of ether oxygens (including phenoxy) is 1. The Bertz CT molecular complexity index is 774. The van der Waals surface area contributed by atoms with Gasteiger partial charge in [-0.15, -0.1) is 0 Å². The van der Waals surface area contributed by atoms with Crippen molar-refractivity contribution >= 4 is 11.0 Å². The Balaban J connectivity index is 1.91. The number of hydrogen-bond donors (Lipinski definition) is 0. The smallest absolute Gasteiger partial charge is 0.148 e. The first-order valence-electron chi connectivity index (χ1n) is 7.77. The molecule has 3 rings (SSSR count). The van der Waals surface area contributed by atoms with Crippen LogP contribution in [-0.2, 0) is 13.2 Å². The van der Waals surface area contributed by atoms with Gasteiger partial charge in [0.2, 0.25) is 0 Å². The molecule has 0 aliphatic carbocycles. The van der Waals surface area contributed by atoms with Crippen molar-refractivity contribution in [2.75, 3.05) is 0 Å². The van der Waals surface area contributed by atoms with Crippen LogP contribution in [0.2, 0.25) is 0 Å². The van der Waals surface area contributed by atoms with Crippen LogP contribution < -0.4 is 4.74 Å². The van der Waals surface area contributed by atoms with Gasteiger partial charge in [0, 0.05) is 6.54 Å². The number of hydrogen-bond acceptors (Lipinski definition) is 2. The van der Waals surface area contributed by atoms with Gasteiger partial charge in [-0.1, -0.05) is 44.2 Å². The lowest BCUT2D eigenvalue weighted by Crippen LogP contribution is -2.11. The molecule has 1 heterocycles. The molecule has 22 heavy (non-hydrogen) atoms. The van der Waals surface area contributed by atoms with E-state index in [1.807, 2.05) is 24.3 Å². The molecule has 0 spiro atoms. The van der Waals surface area contributed by atoms with E-state index >= 15 is 0 Å². The first-order valence-corrected chi connectivity index (χ1v) is 7.77. The largest absolute Gasteiger partial charge is 0.485 e. The number of imidazole rings is 1. The number of rotatable bonds is 5. The fraction of sp³-hybridized carbons (Fsp3) is 0.316. The molecular formula is C19H22N2O. The van der Waals surface area contributed by atoms with Crippen LogP contribution >= 0.6 is 0 Å². The number of aromatic nitrogens is 2. The van der Waals surface area contributed by atoms with Gasteiger partial charge in [0.05, 0.1) is 11.0 Å². The third-order valence-electron chi connectivity index (χ3n) is 3.73. The van der Waals surface area contributed by atoms with Crippen molar-refractivity contribution in [1.29, 1.82) is 0 Å². The van der Waals surface area contributed by atoms with E-state index in [0.717, 1.165) is 29.2 Å². The second kappa shape index (κ2) is 6.22. The Morgan fingerprint density at radius 2 is 1.77 bits per heavy atom. The molecule has 3 aromatic rings. The molecule has 0 radical (unpaired) electrons. The molecule has 0 saturated heterocycles. The molecular weight excluding hydrogens is 272 g/mol. The first-order chi connectivity index (χ1) is 10.6. The summed E-state index contributed by atoms with van der Waals surface area (Å²) in [5, 5.41) is 0. The summed E-state index contributed by atoms with van der Waals surface area (Å²) in [6, 6.07) is 16.4. The molecule has 1 aromatic heterocycles. The Kier molecular flexibility index (Phi) is 4.14. The van der Waals surface area contributed by atoms with E-state index in [2.05, 4.69) is 49.6 Å². The zero-order chi connectivity index (χ0) is 15.5. The molecule has 0 fully saturated rings. The maximum Gasteiger partial charge on any atom is 0.148 e. The molecule has 3 heteroatoms. The first kappa shape index (κ1) is 14.6. The van der Waals surface area contributed by atoms with E-state index in [1.165, 1.54) is 5.52 Å². The van der Waals surface area contributed by atoms with Crippen molar-refractivity contribution < 1.29 is 4.74 Å². The summed E-state index contributed by atoms with van der Waals surface area (Å²) in [5.41, 5.74) is 3.36. The van der Waals surface area contributed by atoms with Crippen LogP contribution in [-0.4, -0.2) is 9.55 Å². The van der Waals surface area contributed by atoms with E-state index in [9.17, 15) is 0 Å². The average Bonchev–Trinajstić information content (AvgIpc) is 2.84. The van der Waals surface area contributed by atoms with E-state index in [-0.39, 0.29) is 0 Å².